The Hall–Kier alpha value is -3.09. The summed E-state index contributed by atoms with van der Waals surface area (Å²) in [6.45, 7) is 6.15. The molecule has 1 fully saturated rings. The van der Waals surface area contributed by atoms with Crippen LogP contribution in [0.1, 0.15) is 24.0 Å². The molecule has 0 bridgehead atoms. The summed E-state index contributed by atoms with van der Waals surface area (Å²) in [5, 5.41) is 17.6. The summed E-state index contributed by atoms with van der Waals surface area (Å²) >= 11 is 1.54. The van der Waals surface area contributed by atoms with Crippen LogP contribution in [0.25, 0.3) is 27.4 Å². The second-order valence-electron chi connectivity index (χ2n) is 7.97. The van der Waals surface area contributed by atoms with Crippen molar-refractivity contribution in [2.45, 2.75) is 19.3 Å². The van der Waals surface area contributed by atoms with Crippen molar-refractivity contribution in [3.05, 3.63) is 77.9 Å². The van der Waals surface area contributed by atoms with Gasteiger partial charge in [0.05, 0.1) is 0 Å². The van der Waals surface area contributed by atoms with E-state index < -0.39 is 0 Å². The number of nitrogens with one attached hydrogen (secondary N) is 2. The number of piperidine rings is 1. The van der Waals surface area contributed by atoms with E-state index in [1.807, 2.05) is 31.5 Å². The summed E-state index contributed by atoms with van der Waals surface area (Å²) in [4.78, 5) is 4.28. The first-order chi connectivity index (χ1) is 15.7. The van der Waals surface area contributed by atoms with Crippen molar-refractivity contribution in [2.75, 3.05) is 25.5 Å². The third-order valence-corrected chi connectivity index (χ3v) is 6.52. The molecule has 0 aliphatic carbocycles. The van der Waals surface area contributed by atoms with Crippen LogP contribution in [0.2, 0.25) is 0 Å². The van der Waals surface area contributed by atoms with Gasteiger partial charge in [-0.05, 0) is 66.9 Å². The third-order valence-electron chi connectivity index (χ3n) is 5.78. The average molecular weight is 444 g/mol. The van der Waals surface area contributed by atoms with Gasteiger partial charge in [0.2, 0.25) is 0 Å². The van der Waals surface area contributed by atoms with Gasteiger partial charge >= 0.3 is 0 Å². The second-order valence-corrected chi connectivity index (χ2v) is 8.80. The van der Waals surface area contributed by atoms with Crippen molar-refractivity contribution in [3.63, 3.8) is 0 Å². The van der Waals surface area contributed by atoms with E-state index in [9.17, 15) is 0 Å². The van der Waals surface area contributed by atoms with Gasteiger partial charge in [-0.2, -0.15) is 0 Å². The van der Waals surface area contributed by atoms with Gasteiger partial charge < -0.3 is 10.6 Å². The Morgan fingerprint density at radius 3 is 2.59 bits per heavy atom. The highest BCUT2D eigenvalue weighted by molar-refractivity contribution is 7.12. The monoisotopic (exact) mass is 443 g/mol. The van der Waals surface area contributed by atoms with E-state index in [1.165, 1.54) is 43.5 Å². The lowest BCUT2D eigenvalue weighted by Gasteiger charge is -2.22. The van der Waals surface area contributed by atoms with Crippen LogP contribution in [0, 0.1) is 5.92 Å². The minimum absolute atomic E-state index is 0.868. The number of fused-ring (bicyclic) bond motifs is 1. The molecule has 164 valence electrons. The van der Waals surface area contributed by atoms with Crippen LogP contribution in [0.4, 0.5) is 5.82 Å². The molecule has 4 aromatic rings. The van der Waals surface area contributed by atoms with Crippen LogP contribution in [-0.2, 0) is 6.42 Å². The standard InChI is InChI=1S/C14H19N.C12H10N4S/c1-2-12-3-5-13(6-4-12)11-14-7-9-15-10-8-14;1-13-11-5-10-4-8(12-16-15-7-17-12)2-3-9(10)6-14-11/h2-6,14-15H,1,7-11H2;2-7H,1H3,(H,13,14). The van der Waals surface area contributed by atoms with Crippen LogP contribution in [0.3, 0.4) is 0 Å². The number of rotatable bonds is 5. The predicted molar refractivity (Wildman–Crippen MR) is 136 cm³/mol. The van der Waals surface area contributed by atoms with Crippen LogP contribution in [-0.4, -0.2) is 35.3 Å². The molecule has 1 aliphatic rings. The van der Waals surface area contributed by atoms with Crippen LogP contribution >= 0.6 is 11.3 Å². The maximum absolute atomic E-state index is 4.28. The molecule has 3 heterocycles. The highest BCUT2D eigenvalue weighted by Crippen LogP contribution is 2.26. The molecule has 32 heavy (non-hydrogen) atoms. The van der Waals surface area contributed by atoms with Gasteiger partial charge in [0.1, 0.15) is 16.3 Å². The highest BCUT2D eigenvalue weighted by Gasteiger charge is 2.13. The summed E-state index contributed by atoms with van der Waals surface area (Å²) in [5.74, 6) is 1.74. The molecule has 0 atom stereocenters. The van der Waals surface area contributed by atoms with Gasteiger partial charge in [0.25, 0.3) is 0 Å². The summed E-state index contributed by atoms with van der Waals surface area (Å²) in [6.07, 6.45) is 7.64. The van der Waals surface area contributed by atoms with Gasteiger partial charge in [0, 0.05) is 24.2 Å². The molecule has 1 saturated heterocycles. The van der Waals surface area contributed by atoms with E-state index in [1.54, 1.807) is 16.8 Å². The molecule has 2 aromatic carbocycles. The number of hydrogen-bond donors (Lipinski definition) is 2. The van der Waals surface area contributed by atoms with Crippen molar-refractivity contribution in [3.8, 4) is 10.6 Å². The zero-order chi connectivity index (χ0) is 22.2. The first kappa shape index (κ1) is 22.1. The molecule has 5 rings (SSSR count). The maximum atomic E-state index is 4.28. The molecule has 0 radical (unpaired) electrons. The summed E-state index contributed by atoms with van der Waals surface area (Å²) in [5.41, 5.74) is 5.51. The van der Waals surface area contributed by atoms with Crippen LogP contribution < -0.4 is 10.6 Å². The fraction of sp³-hybridized carbons (Fsp3) is 0.269. The van der Waals surface area contributed by atoms with Gasteiger partial charge in [0.15, 0.2) is 0 Å². The normalized spacial score (nSPS) is 13.9. The Morgan fingerprint density at radius 1 is 1.09 bits per heavy atom. The van der Waals surface area contributed by atoms with E-state index in [0.29, 0.717) is 0 Å². The summed E-state index contributed by atoms with van der Waals surface area (Å²) in [7, 11) is 1.86. The van der Waals surface area contributed by atoms with Gasteiger partial charge in [-0.1, -0.05) is 60.4 Å². The summed E-state index contributed by atoms with van der Waals surface area (Å²) < 4.78 is 0. The number of nitrogens with zero attached hydrogens (tertiary/aromatic N) is 3. The first-order valence-corrected chi connectivity index (χ1v) is 11.9. The molecule has 2 aromatic heterocycles. The van der Waals surface area contributed by atoms with Gasteiger partial charge in [-0.25, -0.2) is 4.98 Å². The molecular formula is C26H29N5S. The third kappa shape index (κ3) is 5.78. The summed E-state index contributed by atoms with van der Waals surface area (Å²) in [6, 6.07) is 17.0. The van der Waals surface area contributed by atoms with E-state index in [-0.39, 0.29) is 0 Å². The van der Waals surface area contributed by atoms with E-state index in [0.717, 1.165) is 33.1 Å². The van der Waals surface area contributed by atoms with Gasteiger partial charge in [-0.3, -0.25) is 0 Å². The minimum Gasteiger partial charge on any atom is -0.373 e. The molecule has 0 unspecified atom stereocenters. The van der Waals surface area contributed by atoms with E-state index >= 15 is 0 Å². The van der Waals surface area contributed by atoms with E-state index in [4.69, 9.17) is 0 Å². The van der Waals surface area contributed by atoms with Crippen molar-refractivity contribution in [2.24, 2.45) is 5.92 Å². The highest BCUT2D eigenvalue weighted by atomic mass is 32.1. The molecule has 0 spiro atoms. The Morgan fingerprint density at radius 2 is 1.91 bits per heavy atom. The molecular weight excluding hydrogens is 414 g/mol. The van der Waals surface area contributed by atoms with Crippen molar-refractivity contribution >= 4 is 34.0 Å². The molecule has 2 N–H and O–H groups in total. The Balaban J connectivity index is 0.000000155. The average Bonchev–Trinajstić information content (AvgIpc) is 3.40. The SMILES string of the molecule is C=Cc1ccc(CC2CCNCC2)cc1.CNc1cc2cc(-c3nncs3)ccc2cn1. The number of anilines is 1. The van der Waals surface area contributed by atoms with Crippen LogP contribution in [0.15, 0.2) is 66.8 Å². The molecule has 5 nitrogen and oxygen atoms in total. The lowest BCUT2D eigenvalue weighted by Crippen LogP contribution is -2.28. The minimum atomic E-state index is 0.868. The Labute approximate surface area is 193 Å². The first-order valence-electron chi connectivity index (χ1n) is 11.0. The smallest absolute Gasteiger partial charge is 0.147 e. The number of aromatic nitrogens is 3. The lowest BCUT2D eigenvalue weighted by molar-refractivity contribution is 0.372. The maximum Gasteiger partial charge on any atom is 0.147 e. The zero-order valence-electron chi connectivity index (χ0n) is 18.4. The number of hydrogen-bond acceptors (Lipinski definition) is 6. The van der Waals surface area contributed by atoms with Crippen LogP contribution in [0.5, 0.6) is 0 Å². The van der Waals surface area contributed by atoms with Crippen molar-refractivity contribution < 1.29 is 0 Å². The van der Waals surface area contributed by atoms with Gasteiger partial charge in [-0.15, -0.1) is 10.2 Å². The predicted octanol–water partition coefficient (Wildman–Crippen LogP) is 5.67. The largest absolute Gasteiger partial charge is 0.373 e. The molecule has 1 aliphatic heterocycles. The topological polar surface area (TPSA) is 62.7 Å². The Bertz CT molecular complexity index is 1130. The molecule has 0 amide bonds. The van der Waals surface area contributed by atoms with Crippen molar-refractivity contribution in [1.29, 1.82) is 0 Å². The van der Waals surface area contributed by atoms with Crippen molar-refractivity contribution in [1.82, 2.24) is 20.5 Å². The fourth-order valence-electron chi connectivity index (χ4n) is 3.92. The molecule has 6 heteroatoms. The number of pyridine rings is 1. The zero-order valence-corrected chi connectivity index (χ0v) is 19.2. The lowest BCUT2D eigenvalue weighted by atomic mass is 9.91. The van der Waals surface area contributed by atoms with E-state index in [2.05, 4.69) is 68.8 Å². The Kier molecular flexibility index (Phi) is 7.59. The fourth-order valence-corrected chi connectivity index (χ4v) is 4.47. The number of benzene rings is 2. The second kappa shape index (κ2) is 11.0. The molecule has 0 saturated carbocycles. The quantitative estimate of drug-likeness (QED) is 0.416.